The van der Waals surface area contributed by atoms with Crippen molar-refractivity contribution in [1.82, 2.24) is 5.32 Å². The van der Waals surface area contributed by atoms with Crippen LogP contribution in [0.3, 0.4) is 0 Å². The standard InChI is InChI=1S/C16H31NS/c1-2-11-17-16(15-10-12-18-13-15)9-8-14-6-4-3-5-7-14/h14-17H,2-13H2,1H3. The Bertz CT molecular complexity index is 207. The summed E-state index contributed by atoms with van der Waals surface area (Å²) in [6.45, 7) is 3.51. The van der Waals surface area contributed by atoms with Crippen LogP contribution in [0.15, 0.2) is 0 Å². The Morgan fingerprint density at radius 3 is 2.67 bits per heavy atom. The Hall–Kier alpha value is 0.310. The molecule has 106 valence electrons. The molecule has 1 aliphatic carbocycles. The maximum atomic E-state index is 3.84. The average Bonchev–Trinajstić information content (AvgIpc) is 2.94. The Balaban J connectivity index is 1.72. The van der Waals surface area contributed by atoms with Crippen LogP contribution in [0.2, 0.25) is 0 Å². The highest BCUT2D eigenvalue weighted by molar-refractivity contribution is 7.99. The van der Waals surface area contributed by atoms with Crippen LogP contribution in [-0.2, 0) is 0 Å². The van der Waals surface area contributed by atoms with Crippen LogP contribution in [-0.4, -0.2) is 24.1 Å². The van der Waals surface area contributed by atoms with Gasteiger partial charge < -0.3 is 5.32 Å². The van der Waals surface area contributed by atoms with Gasteiger partial charge in [-0.15, -0.1) is 0 Å². The van der Waals surface area contributed by atoms with Crippen LogP contribution in [0.4, 0.5) is 0 Å². The molecule has 2 unspecified atom stereocenters. The normalized spacial score (nSPS) is 27.5. The van der Waals surface area contributed by atoms with Crippen LogP contribution in [0.5, 0.6) is 0 Å². The quantitative estimate of drug-likeness (QED) is 0.732. The molecule has 0 aromatic rings. The minimum absolute atomic E-state index is 0.821. The number of nitrogens with one attached hydrogen (secondary N) is 1. The van der Waals surface area contributed by atoms with E-state index in [1.807, 2.05) is 0 Å². The van der Waals surface area contributed by atoms with E-state index < -0.39 is 0 Å². The highest BCUT2D eigenvalue weighted by Crippen LogP contribution is 2.32. The van der Waals surface area contributed by atoms with Crippen molar-refractivity contribution in [2.24, 2.45) is 11.8 Å². The summed E-state index contributed by atoms with van der Waals surface area (Å²) in [4.78, 5) is 0. The molecule has 1 heterocycles. The lowest BCUT2D eigenvalue weighted by Crippen LogP contribution is -2.37. The van der Waals surface area contributed by atoms with Crippen molar-refractivity contribution >= 4 is 11.8 Å². The molecule has 2 aliphatic rings. The Labute approximate surface area is 118 Å². The van der Waals surface area contributed by atoms with Crippen molar-refractivity contribution < 1.29 is 0 Å². The van der Waals surface area contributed by atoms with Crippen LogP contribution >= 0.6 is 11.8 Å². The molecule has 18 heavy (non-hydrogen) atoms. The van der Waals surface area contributed by atoms with Crippen LogP contribution < -0.4 is 5.32 Å². The van der Waals surface area contributed by atoms with Gasteiger partial charge in [-0.3, -0.25) is 0 Å². The van der Waals surface area contributed by atoms with E-state index in [9.17, 15) is 0 Å². The van der Waals surface area contributed by atoms with Crippen LogP contribution in [0, 0.1) is 11.8 Å². The van der Waals surface area contributed by atoms with E-state index in [1.54, 1.807) is 0 Å². The zero-order valence-electron chi connectivity index (χ0n) is 12.1. The van der Waals surface area contributed by atoms with Gasteiger partial charge in [0.1, 0.15) is 0 Å². The second-order valence-electron chi connectivity index (χ2n) is 6.27. The highest BCUT2D eigenvalue weighted by Gasteiger charge is 2.25. The number of hydrogen-bond acceptors (Lipinski definition) is 2. The van der Waals surface area contributed by atoms with Gasteiger partial charge in [-0.25, -0.2) is 0 Å². The first-order valence-electron chi connectivity index (χ1n) is 8.21. The van der Waals surface area contributed by atoms with Crippen molar-refractivity contribution in [2.45, 2.75) is 70.8 Å². The van der Waals surface area contributed by atoms with E-state index in [4.69, 9.17) is 0 Å². The maximum absolute atomic E-state index is 3.84. The molecule has 0 bridgehead atoms. The van der Waals surface area contributed by atoms with Gasteiger partial charge in [-0.05, 0) is 55.6 Å². The van der Waals surface area contributed by atoms with Gasteiger partial charge >= 0.3 is 0 Å². The van der Waals surface area contributed by atoms with Gasteiger partial charge in [-0.2, -0.15) is 11.8 Å². The predicted octanol–water partition coefficient (Wildman–Crippen LogP) is 4.47. The molecule has 1 nitrogen and oxygen atoms in total. The predicted molar refractivity (Wildman–Crippen MR) is 83.3 cm³/mol. The van der Waals surface area contributed by atoms with Crippen LogP contribution in [0.25, 0.3) is 0 Å². The molecule has 0 aromatic carbocycles. The van der Waals surface area contributed by atoms with Gasteiger partial charge in [0.05, 0.1) is 0 Å². The Morgan fingerprint density at radius 2 is 2.00 bits per heavy atom. The highest BCUT2D eigenvalue weighted by atomic mass is 32.2. The monoisotopic (exact) mass is 269 g/mol. The fourth-order valence-electron chi connectivity index (χ4n) is 3.60. The molecule has 1 saturated heterocycles. The molecule has 0 radical (unpaired) electrons. The summed E-state index contributed by atoms with van der Waals surface area (Å²) in [5, 5.41) is 3.84. The summed E-state index contributed by atoms with van der Waals surface area (Å²) in [5.41, 5.74) is 0. The summed E-state index contributed by atoms with van der Waals surface area (Å²) in [6.07, 6.45) is 13.2. The first-order chi connectivity index (χ1) is 8.90. The molecular formula is C16H31NS. The van der Waals surface area contributed by atoms with E-state index in [-0.39, 0.29) is 0 Å². The van der Waals surface area contributed by atoms with E-state index >= 15 is 0 Å². The molecule has 0 aromatic heterocycles. The molecule has 1 saturated carbocycles. The lowest BCUT2D eigenvalue weighted by Gasteiger charge is -2.28. The van der Waals surface area contributed by atoms with Crippen molar-refractivity contribution in [2.75, 3.05) is 18.1 Å². The van der Waals surface area contributed by atoms with Crippen molar-refractivity contribution in [3.63, 3.8) is 0 Å². The average molecular weight is 269 g/mol. The molecule has 2 rings (SSSR count). The van der Waals surface area contributed by atoms with Gasteiger partial charge in [0.2, 0.25) is 0 Å². The summed E-state index contributed by atoms with van der Waals surface area (Å²) >= 11 is 2.17. The largest absolute Gasteiger partial charge is 0.314 e. The third-order valence-corrected chi connectivity index (χ3v) is 5.99. The SMILES string of the molecule is CCCNC(CCC1CCCCC1)C1CCSC1. The Kier molecular flexibility index (Phi) is 6.93. The maximum Gasteiger partial charge on any atom is 0.0104 e. The minimum atomic E-state index is 0.821. The summed E-state index contributed by atoms with van der Waals surface area (Å²) in [5.74, 6) is 4.83. The second-order valence-corrected chi connectivity index (χ2v) is 7.42. The first-order valence-corrected chi connectivity index (χ1v) is 9.36. The van der Waals surface area contributed by atoms with E-state index in [1.165, 1.54) is 75.8 Å². The summed E-state index contributed by atoms with van der Waals surface area (Å²) < 4.78 is 0. The van der Waals surface area contributed by atoms with Gasteiger partial charge in [0.15, 0.2) is 0 Å². The van der Waals surface area contributed by atoms with Gasteiger partial charge in [-0.1, -0.05) is 39.0 Å². The molecule has 1 N–H and O–H groups in total. The van der Waals surface area contributed by atoms with E-state index in [0.29, 0.717) is 0 Å². The second kappa shape index (κ2) is 8.47. The minimum Gasteiger partial charge on any atom is -0.314 e. The molecule has 2 heteroatoms. The first kappa shape index (κ1) is 14.7. The Morgan fingerprint density at radius 1 is 1.17 bits per heavy atom. The number of thioether (sulfide) groups is 1. The summed E-state index contributed by atoms with van der Waals surface area (Å²) in [6, 6.07) is 0.821. The van der Waals surface area contributed by atoms with Gasteiger partial charge in [0, 0.05) is 6.04 Å². The third-order valence-electron chi connectivity index (χ3n) is 4.80. The number of rotatable bonds is 7. The topological polar surface area (TPSA) is 12.0 Å². The lowest BCUT2D eigenvalue weighted by atomic mass is 9.83. The van der Waals surface area contributed by atoms with Crippen molar-refractivity contribution in [3.05, 3.63) is 0 Å². The lowest BCUT2D eigenvalue weighted by molar-refractivity contribution is 0.285. The molecular weight excluding hydrogens is 238 g/mol. The third kappa shape index (κ3) is 4.77. The molecule has 0 spiro atoms. The number of hydrogen-bond donors (Lipinski definition) is 1. The summed E-state index contributed by atoms with van der Waals surface area (Å²) in [7, 11) is 0. The molecule has 2 fully saturated rings. The van der Waals surface area contributed by atoms with Crippen molar-refractivity contribution in [3.8, 4) is 0 Å². The zero-order chi connectivity index (χ0) is 12.6. The molecule has 2 atom stereocenters. The van der Waals surface area contributed by atoms with Crippen LogP contribution in [0.1, 0.15) is 64.7 Å². The molecule has 1 aliphatic heterocycles. The fraction of sp³-hybridized carbons (Fsp3) is 1.00. The fourth-order valence-corrected chi connectivity index (χ4v) is 4.93. The van der Waals surface area contributed by atoms with Crippen molar-refractivity contribution in [1.29, 1.82) is 0 Å². The van der Waals surface area contributed by atoms with Gasteiger partial charge in [0.25, 0.3) is 0 Å². The smallest absolute Gasteiger partial charge is 0.0104 e. The molecule has 0 amide bonds. The zero-order valence-corrected chi connectivity index (χ0v) is 12.9. The van der Waals surface area contributed by atoms with E-state index in [0.717, 1.165) is 17.9 Å². The van der Waals surface area contributed by atoms with E-state index in [2.05, 4.69) is 24.0 Å².